The lowest BCUT2D eigenvalue weighted by atomic mass is 9.94. The fourth-order valence-corrected chi connectivity index (χ4v) is 2.83. The van der Waals surface area contributed by atoms with Gasteiger partial charge in [-0.25, -0.2) is 0 Å². The van der Waals surface area contributed by atoms with Gasteiger partial charge >= 0.3 is 0 Å². The van der Waals surface area contributed by atoms with Crippen molar-refractivity contribution in [3.05, 3.63) is 52.3 Å². The van der Waals surface area contributed by atoms with E-state index in [-0.39, 0.29) is 0 Å². The van der Waals surface area contributed by atoms with Crippen LogP contribution in [0.3, 0.4) is 0 Å². The van der Waals surface area contributed by atoms with Crippen LogP contribution in [0.4, 0.5) is 0 Å². The summed E-state index contributed by atoms with van der Waals surface area (Å²) in [5, 5.41) is 7.68. The Morgan fingerprint density at radius 1 is 1.32 bits per heavy atom. The summed E-state index contributed by atoms with van der Waals surface area (Å²) in [5.41, 5.74) is 2.64. The van der Waals surface area contributed by atoms with Gasteiger partial charge in [0.15, 0.2) is 0 Å². The van der Waals surface area contributed by atoms with E-state index < -0.39 is 0 Å². The molecule has 0 aliphatic heterocycles. The number of nitrogens with one attached hydrogen (secondary N) is 1. The van der Waals surface area contributed by atoms with E-state index in [1.807, 2.05) is 13.2 Å². The van der Waals surface area contributed by atoms with Gasteiger partial charge in [-0.15, -0.1) is 0 Å². The topological polar surface area (TPSA) is 29.9 Å². The molecule has 3 nitrogen and oxygen atoms in total. The van der Waals surface area contributed by atoms with Gasteiger partial charge < -0.3 is 5.32 Å². The monoisotopic (exact) mass is 321 g/mol. The highest BCUT2D eigenvalue weighted by molar-refractivity contribution is 9.10. The Kier molecular flexibility index (Phi) is 5.16. The molecule has 1 heterocycles. The molecule has 1 unspecified atom stereocenters. The Bertz CT molecular complexity index is 507. The molecule has 2 aromatic rings. The standard InChI is InChI=1S/C15H20BrN3/c1-3-19-15(14(16)11-18-19)9-13(10-17-2)12-7-5-4-6-8-12/h4-8,11,13,17H,3,9-10H2,1-2H3. The minimum absolute atomic E-state index is 0.462. The second-order valence-corrected chi connectivity index (χ2v) is 5.48. The van der Waals surface area contributed by atoms with E-state index in [4.69, 9.17) is 0 Å². The molecule has 0 aliphatic carbocycles. The van der Waals surface area contributed by atoms with Crippen molar-refractivity contribution >= 4 is 15.9 Å². The molecular formula is C15H20BrN3. The van der Waals surface area contributed by atoms with Gasteiger partial charge in [-0.1, -0.05) is 30.3 Å². The van der Waals surface area contributed by atoms with Crippen molar-refractivity contribution in [1.82, 2.24) is 15.1 Å². The van der Waals surface area contributed by atoms with E-state index in [0.717, 1.165) is 24.0 Å². The van der Waals surface area contributed by atoms with Crippen molar-refractivity contribution in [3.63, 3.8) is 0 Å². The Morgan fingerprint density at radius 2 is 2.05 bits per heavy atom. The average Bonchev–Trinajstić information content (AvgIpc) is 2.80. The summed E-state index contributed by atoms with van der Waals surface area (Å²) in [7, 11) is 2.00. The highest BCUT2D eigenvalue weighted by Gasteiger charge is 2.16. The molecule has 1 aromatic heterocycles. The minimum Gasteiger partial charge on any atom is -0.319 e. The summed E-state index contributed by atoms with van der Waals surface area (Å²) in [6.07, 6.45) is 2.87. The Labute approximate surface area is 123 Å². The van der Waals surface area contributed by atoms with Crippen LogP contribution in [0.15, 0.2) is 41.0 Å². The van der Waals surface area contributed by atoms with E-state index in [1.165, 1.54) is 11.3 Å². The van der Waals surface area contributed by atoms with E-state index in [2.05, 4.69) is 68.3 Å². The molecule has 0 aliphatic rings. The molecule has 2 rings (SSSR count). The summed E-state index contributed by atoms with van der Waals surface area (Å²) >= 11 is 3.61. The zero-order chi connectivity index (χ0) is 13.7. The molecule has 1 aromatic carbocycles. The third-order valence-corrected chi connectivity index (χ3v) is 4.02. The van der Waals surface area contributed by atoms with Crippen LogP contribution in [0.25, 0.3) is 0 Å². The van der Waals surface area contributed by atoms with Gasteiger partial charge in [0.05, 0.1) is 16.4 Å². The zero-order valence-corrected chi connectivity index (χ0v) is 13.0. The molecule has 0 spiro atoms. The SMILES string of the molecule is CCn1ncc(Br)c1CC(CNC)c1ccccc1. The normalized spacial score (nSPS) is 12.6. The molecule has 0 fully saturated rings. The summed E-state index contributed by atoms with van der Waals surface area (Å²) in [4.78, 5) is 0. The van der Waals surface area contributed by atoms with Crippen LogP contribution in [0.2, 0.25) is 0 Å². The van der Waals surface area contributed by atoms with Crippen LogP contribution >= 0.6 is 15.9 Å². The maximum Gasteiger partial charge on any atom is 0.0635 e. The Balaban J connectivity index is 2.24. The highest BCUT2D eigenvalue weighted by atomic mass is 79.9. The number of likely N-dealkylation sites (N-methyl/N-ethyl adjacent to an activating group) is 1. The van der Waals surface area contributed by atoms with E-state index >= 15 is 0 Å². The van der Waals surface area contributed by atoms with E-state index in [1.54, 1.807) is 0 Å². The number of hydrogen-bond donors (Lipinski definition) is 1. The number of benzene rings is 1. The van der Waals surface area contributed by atoms with Crippen molar-refractivity contribution in [2.75, 3.05) is 13.6 Å². The molecule has 102 valence electrons. The molecule has 0 saturated carbocycles. The number of aryl methyl sites for hydroxylation is 1. The fraction of sp³-hybridized carbons (Fsp3) is 0.400. The smallest absolute Gasteiger partial charge is 0.0635 e. The largest absolute Gasteiger partial charge is 0.319 e. The maximum atomic E-state index is 4.39. The maximum absolute atomic E-state index is 4.39. The van der Waals surface area contributed by atoms with E-state index in [9.17, 15) is 0 Å². The lowest BCUT2D eigenvalue weighted by Gasteiger charge is -2.18. The lowest BCUT2D eigenvalue weighted by Crippen LogP contribution is -2.20. The van der Waals surface area contributed by atoms with E-state index in [0.29, 0.717) is 5.92 Å². The molecule has 4 heteroatoms. The molecule has 19 heavy (non-hydrogen) atoms. The van der Waals surface area contributed by atoms with Crippen LogP contribution in [-0.4, -0.2) is 23.4 Å². The molecule has 0 radical (unpaired) electrons. The number of nitrogens with zero attached hydrogens (tertiary/aromatic N) is 2. The van der Waals surface area contributed by atoms with Crippen LogP contribution in [0.1, 0.15) is 24.1 Å². The third kappa shape index (κ3) is 3.45. The molecule has 1 atom stereocenters. The van der Waals surface area contributed by atoms with Gasteiger partial charge in [-0.2, -0.15) is 5.10 Å². The minimum atomic E-state index is 0.462. The van der Waals surface area contributed by atoms with Crippen LogP contribution in [0.5, 0.6) is 0 Å². The van der Waals surface area contributed by atoms with Gasteiger partial charge in [-0.05, 0) is 41.9 Å². The Morgan fingerprint density at radius 3 is 2.68 bits per heavy atom. The molecule has 0 bridgehead atoms. The third-order valence-electron chi connectivity index (χ3n) is 3.36. The quantitative estimate of drug-likeness (QED) is 0.885. The van der Waals surface area contributed by atoms with Crippen molar-refractivity contribution < 1.29 is 0 Å². The summed E-state index contributed by atoms with van der Waals surface area (Å²) < 4.78 is 3.17. The number of halogens is 1. The second-order valence-electron chi connectivity index (χ2n) is 4.62. The summed E-state index contributed by atoms with van der Waals surface area (Å²) in [5.74, 6) is 0.462. The van der Waals surface area contributed by atoms with Gasteiger partial charge in [0.25, 0.3) is 0 Å². The number of rotatable bonds is 6. The first-order chi connectivity index (χ1) is 9.26. The van der Waals surface area contributed by atoms with Gasteiger partial charge in [0.1, 0.15) is 0 Å². The van der Waals surface area contributed by atoms with Gasteiger partial charge in [-0.3, -0.25) is 4.68 Å². The van der Waals surface area contributed by atoms with Crippen molar-refractivity contribution in [1.29, 1.82) is 0 Å². The predicted octanol–water partition coefficient (Wildman–Crippen LogP) is 3.21. The van der Waals surface area contributed by atoms with Crippen LogP contribution in [0, 0.1) is 0 Å². The molecule has 0 amide bonds. The first kappa shape index (κ1) is 14.3. The van der Waals surface area contributed by atoms with Gasteiger partial charge in [0.2, 0.25) is 0 Å². The van der Waals surface area contributed by atoms with Crippen molar-refractivity contribution in [3.8, 4) is 0 Å². The lowest BCUT2D eigenvalue weighted by molar-refractivity contribution is 0.563. The van der Waals surface area contributed by atoms with Crippen molar-refractivity contribution in [2.24, 2.45) is 0 Å². The average molecular weight is 322 g/mol. The zero-order valence-electron chi connectivity index (χ0n) is 11.4. The number of hydrogen-bond acceptors (Lipinski definition) is 2. The Hall–Kier alpha value is -1.13. The van der Waals surface area contributed by atoms with Gasteiger partial charge in [0, 0.05) is 19.0 Å². The predicted molar refractivity (Wildman–Crippen MR) is 82.4 cm³/mol. The first-order valence-corrected chi connectivity index (χ1v) is 7.45. The highest BCUT2D eigenvalue weighted by Crippen LogP contribution is 2.25. The van der Waals surface area contributed by atoms with Crippen molar-refractivity contribution in [2.45, 2.75) is 25.8 Å². The molecular weight excluding hydrogens is 302 g/mol. The second kappa shape index (κ2) is 6.87. The molecule has 1 N–H and O–H groups in total. The number of aromatic nitrogens is 2. The fourth-order valence-electron chi connectivity index (χ4n) is 2.38. The summed E-state index contributed by atoms with van der Waals surface area (Å²) in [6.45, 7) is 3.99. The van der Waals surface area contributed by atoms with Crippen LogP contribution in [-0.2, 0) is 13.0 Å². The first-order valence-electron chi connectivity index (χ1n) is 6.66. The van der Waals surface area contributed by atoms with Crippen LogP contribution < -0.4 is 5.32 Å². The molecule has 0 saturated heterocycles. The summed E-state index contributed by atoms with van der Waals surface area (Å²) in [6, 6.07) is 10.7.